The van der Waals surface area contributed by atoms with Crippen LogP contribution in [-0.2, 0) is 9.84 Å². The van der Waals surface area contributed by atoms with E-state index in [1.54, 1.807) is 0 Å². The van der Waals surface area contributed by atoms with Gasteiger partial charge in [0.05, 0.1) is 11.5 Å². The molecule has 1 fully saturated rings. The lowest BCUT2D eigenvalue weighted by Crippen LogP contribution is -2.38. The van der Waals surface area contributed by atoms with Crippen molar-refractivity contribution in [3.8, 4) is 0 Å². The predicted octanol–water partition coefficient (Wildman–Crippen LogP) is 0.130. The Morgan fingerprint density at radius 1 is 1.40 bits per heavy atom. The Kier molecular flexibility index (Phi) is 4.38. The van der Waals surface area contributed by atoms with Crippen LogP contribution in [0.15, 0.2) is 0 Å². The molecule has 88 valence electrons. The molecule has 1 saturated heterocycles. The van der Waals surface area contributed by atoms with E-state index >= 15 is 0 Å². The normalized spacial score (nSPS) is 23.7. The minimum Gasteiger partial charge on any atom is -0.338 e. The molecule has 0 aromatic rings. The van der Waals surface area contributed by atoms with Gasteiger partial charge in [0.25, 0.3) is 0 Å². The molecule has 0 radical (unpaired) electrons. The standard InChI is InChI=1S/C9H18N2O3S/c1-2-4-10-9(12)11-6-8-3-5-15(13,14)7-8/h8H,2-7H2,1H3,(H2,10,11,12). The topological polar surface area (TPSA) is 75.3 Å². The van der Waals surface area contributed by atoms with Gasteiger partial charge in [0.1, 0.15) is 0 Å². The van der Waals surface area contributed by atoms with Gasteiger partial charge in [-0.05, 0) is 18.8 Å². The van der Waals surface area contributed by atoms with Crippen molar-refractivity contribution in [1.29, 1.82) is 0 Å². The summed E-state index contributed by atoms with van der Waals surface area (Å²) < 4.78 is 22.3. The van der Waals surface area contributed by atoms with Crippen LogP contribution in [0.5, 0.6) is 0 Å². The molecule has 0 bridgehead atoms. The smallest absolute Gasteiger partial charge is 0.314 e. The van der Waals surface area contributed by atoms with Gasteiger partial charge in [0, 0.05) is 13.1 Å². The number of rotatable bonds is 4. The van der Waals surface area contributed by atoms with Crippen molar-refractivity contribution in [3.63, 3.8) is 0 Å². The first-order valence-corrected chi connectivity index (χ1v) is 7.08. The molecule has 2 amide bonds. The number of amides is 2. The first-order valence-electron chi connectivity index (χ1n) is 5.25. The maximum Gasteiger partial charge on any atom is 0.314 e. The summed E-state index contributed by atoms with van der Waals surface area (Å²) >= 11 is 0. The van der Waals surface area contributed by atoms with E-state index in [0.717, 1.165) is 6.42 Å². The van der Waals surface area contributed by atoms with Gasteiger partial charge in [0.2, 0.25) is 0 Å². The first-order chi connectivity index (χ1) is 7.03. The third-order valence-corrected chi connectivity index (χ3v) is 4.25. The van der Waals surface area contributed by atoms with Crippen molar-refractivity contribution in [3.05, 3.63) is 0 Å². The Balaban J connectivity index is 2.18. The number of hydrogen-bond donors (Lipinski definition) is 2. The van der Waals surface area contributed by atoms with Gasteiger partial charge in [-0.1, -0.05) is 6.92 Å². The molecule has 6 heteroatoms. The van der Waals surface area contributed by atoms with E-state index in [4.69, 9.17) is 0 Å². The molecular weight excluding hydrogens is 216 g/mol. The zero-order valence-corrected chi connectivity index (χ0v) is 9.77. The molecule has 0 spiro atoms. The molecule has 1 atom stereocenters. The van der Waals surface area contributed by atoms with E-state index in [2.05, 4.69) is 10.6 Å². The van der Waals surface area contributed by atoms with E-state index in [1.807, 2.05) is 6.92 Å². The SMILES string of the molecule is CCCNC(=O)NCC1CCS(=O)(=O)C1. The molecule has 0 aromatic carbocycles. The maximum atomic E-state index is 11.1. The second-order valence-electron chi connectivity index (χ2n) is 3.91. The molecule has 5 nitrogen and oxygen atoms in total. The van der Waals surface area contributed by atoms with Crippen molar-refractivity contribution in [2.75, 3.05) is 24.6 Å². The molecule has 1 aliphatic rings. The quantitative estimate of drug-likeness (QED) is 0.726. The Bertz CT molecular complexity index is 313. The number of carbonyl (C=O) groups excluding carboxylic acids is 1. The fourth-order valence-electron chi connectivity index (χ4n) is 1.57. The van der Waals surface area contributed by atoms with Gasteiger partial charge in [-0.25, -0.2) is 13.2 Å². The van der Waals surface area contributed by atoms with Gasteiger partial charge < -0.3 is 10.6 Å². The Morgan fingerprint density at radius 3 is 2.67 bits per heavy atom. The summed E-state index contributed by atoms with van der Waals surface area (Å²) in [6.07, 6.45) is 1.56. The van der Waals surface area contributed by atoms with Crippen LogP contribution >= 0.6 is 0 Å². The van der Waals surface area contributed by atoms with Gasteiger partial charge >= 0.3 is 6.03 Å². The van der Waals surface area contributed by atoms with Crippen LogP contribution in [0.1, 0.15) is 19.8 Å². The molecular formula is C9H18N2O3S. The summed E-state index contributed by atoms with van der Waals surface area (Å²) in [5.41, 5.74) is 0. The van der Waals surface area contributed by atoms with E-state index in [-0.39, 0.29) is 23.5 Å². The number of nitrogens with one attached hydrogen (secondary N) is 2. The summed E-state index contributed by atoms with van der Waals surface area (Å²) in [7, 11) is -2.83. The molecule has 1 rings (SSSR count). The van der Waals surface area contributed by atoms with Gasteiger partial charge in [-0.15, -0.1) is 0 Å². The molecule has 0 saturated carbocycles. The predicted molar refractivity (Wildman–Crippen MR) is 58.5 cm³/mol. The molecule has 0 aromatic heterocycles. The number of urea groups is 1. The molecule has 1 aliphatic heterocycles. The average Bonchev–Trinajstić information content (AvgIpc) is 2.52. The first kappa shape index (κ1) is 12.3. The lowest BCUT2D eigenvalue weighted by molar-refractivity contribution is 0.239. The second-order valence-corrected chi connectivity index (χ2v) is 6.13. The highest BCUT2D eigenvalue weighted by atomic mass is 32.2. The largest absolute Gasteiger partial charge is 0.338 e. The second kappa shape index (κ2) is 5.34. The van der Waals surface area contributed by atoms with Gasteiger partial charge in [-0.2, -0.15) is 0 Å². The molecule has 2 N–H and O–H groups in total. The summed E-state index contributed by atoms with van der Waals surface area (Å²) in [4.78, 5) is 11.1. The van der Waals surface area contributed by atoms with Crippen molar-refractivity contribution in [2.45, 2.75) is 19.8 Å². The van der Waals surface area contributed by atoms with Crippen LogP contribution in [0, 0.1) is 5.92 Å². The monoisotopic (exact) mass is 234 g/mol. The highest BCUT2D eigenvalue weighted by Crippen LogP contribution is 2.17. The van der Waals surface area contributed by atoms with Gasteiger partial charge in [0.15, 0.2) is 9.84 Å². The zero-order chi connectivity index (χ0) is 11.3. The Morgan fingerprint density at radius 2 is 2.13 bits per heavy atom. The van der Waals surface area contributed by atoms with Crippen LogP contribution in [0.3, 0.4) is 0 Å². The lowest BCUT2D eigenvalue weighted by atomic mass is 10.1. The van der Waals surface area contributed by atoms with Crippen LogP contribution < -0.4 is 10.6 Å². The van der Waals surface area contributed by atoms with Crippen molar-refractivity contribution in [1.82, 2.24) is 10.6 Å². The summed E-state index contributed by atoms with van der Waals surface area (Å²) in [5.74, 6) is 0.555. The number of hydrogen-bond acceptors (Lipinski definition) is 3. The van der Waals surface area contributed by atoms with E-state index in [1.165, 1.54) is 0 Å². The van der Waals surface area contributed by atoms with Crippen molar-refractivity contribution >= 4 is 15.9 Å². The van der Waals surface area contributed by atoms with E-state index < -0.39 is 9.84 Å². The minimum absolute atomic E-state index is 0.0855. The fraction of sp³-hybridized carbons (Fsp3) is 0.889. The van der Waals surface area contributed by atoms with Gasteiger partial charge in [-0.3, -0.25) is 0 Å². The summed E-state index contributed by atoms with van der Waals surface area (Å²) in [6, 6.07) is -0.207. The maximum absolute atomic E-state index is 11.1. The Hall–Kier alpha value is -0.780. The average molecular weight is 234 g/mol. The highest BCUT2D eigenvalue weighted by molar-refractivity contribution is 7.91. The third-order valence-electron chi connectivity index (χ3n) is 2.41. The molecule has 0 aliphatic carbocycles. The third kappa shape index (κ3) is 4.51. The fourth-order valence-corrected chi connectivity index (χ4v) is 3.43. The van der Waals surface area contributed by atoms with Crippen LogP contribution in [0.2, 0.25) is 0 Å². The Labute approximate surface area is 90.5 Å². The zero-order valence-electron chi connectivity index (χ0n) is 8.95. The summed E-state index contributed by atoms with van der Waals surface area (Å²) in [5, 5.41) is 5.36. The lowest BCUT2D eigenvalue weighted by Gasteiger charge is -2.10. The summed E-state index contributed by atoms with van der Waals surface area (Å²) in [6.45, 7) is 3.08. The van der Waals surface area contributed by atoms with Crippen LogP contribution in [-0.4, -0.2) is 39.0 Å². The van der Waals surface area contributed by atoms with Crippen LogP contribution in [0.25, 0.3) is 0 Å². The number of sulfone groups is 1. The molecule has 1 unspecified atom stereocenters. The van der Waals surface area contributed by atoms with E-state index in [9.17, 15) is 13.2 Å². The van der Waals surface area contributed by atoms with Crippen molar-refractivity contribution < 1.29 is 13.2 Å². The van der Waals surface area contributed by atoms with Crippen LogP contribution in [0.4, 0.5) is 4.79 Å². The van der Waals surface area contributed by atoms with Crippen molar-refractivity contribution in [2.24, 2.45) is 5.92 Å². The molecule has 15 heavy (non-hydrogen) atoms. The molecule has 1 heterocycles. The minimum atomic E-state index is -2.83. The van der Waals surface area contributed by atoms with E-state index in [0.29, 0.717) is 19.5 Å². The highest BCUT2D eigenvalue weighted by Gasteiger charge is 2.27. The number of carbonyl (C=O) groups is 1.